The van der Waals surface area contributed by atoms with Crippen molar-refractivity contribution in [2.75, 3.05) is 26.6 Å². The van der Waals surface area contributed by atoms with Gasteiger partial charge in [0.05, 0.1) is 27.6 Å². The molecule has 0 spiro atoms. The zero-order valence-corrected chi connectivity index (χ0v) is 22.0. The SMILES string of the molecule is CCCCc1ccc(NC(=O)/C=C(\C)c2cc3c(-c4ccc(OC)c(OC)c4)coc3cc2OC)cc1. The van der Waals surface area contributed by atoms with E-state index in [4.69, 9.17) is 18.6 Å². The van der Waals surface area contributed by atoms with Crippen molar-refractivity contribution in [1.82, 2.24) is 0 Å². The lowest BCUT2D eigenvalue weighted by Crippen LogP contribution is -2.08. The minimum Gasteiger partial charge on any atom is -0.496 e. The van der Waals surface area contributed by atoms with Crippen molar-refractivity contribution in [3.8, 4) is 28.4 Å². The molecule has 0 aliphatic heterocycles. The number of hydrogen-bond acceptors (Lipinski definition) is 5. The lowest BCUT2D eigenvalue weighted by Gasteiger charge is -2.11. The number of anilines is 1. The standard InChI is InChI=1S/C31H33NO5/c1-6-7-8-21-9-12-23(13-10-21)32-31(33)15-20(2)24-17-25-26(19-37-29(25)18-28(24)35-4)22-11-14-27(34-3)30(16-22)36-5/h9-19H,6-8H2,1-5H3,(H,32,33)/b20-15+. The van der Waals surface area contributed by atoms with Crippen molar-refractivity contribution < 1.29 is 23.4 Å². The van der Waals surface area contributed by atoms with Gasteiger partial charge in [0.15, 0.2) is 11.5 Å². The van der Waals surface area contributed by atoms with Gasteiger partial charge in [-0.15, -0.1) is 0 Å². The van der Waals surface area contributed by atoms with Gasteiger partial charge in [-0.05, 0) is 66.8 Å². The molecule has 0 saturated carbocycles. The van der Waals surface area contributed by atoms with E-state index in [1.165, 1.54) is 5.56 Å². The Morgan fingerprint density at radius 2 is 1.65 bits per heavy atom. The molecule has 37 heavy (non-hydrogen) atoms. The van der Waals surface area contributed by atoms with Gasteiger partial charge in [0, 0.05) is 34.3 Å². The predicted octanol–water partition coefficient (Wildman–Crippen LogP) is 7.51. The number of carbonyl (C=O) groups excluding carboxylic acids is 1. The van der Waals surface area contributed by atoms with Crippen LogP contribution in [0.25, 0.3) is 27.7 Å². The minimum absolute atomic E-state index is 0.201. The molecule has 4 rings (SSSR count). The van der Waals surface area contributed by atoms with E-state index in [2.05, 4.69) is 24.4 Å². The summed E-state index contributed by atoms with van der Waals surface area (Å²) in [6.45, 7) is 4.08. The second-order valence-electron chi connectivity index (χ2n) is 8.88. The Kier molecular flexibility index (Phi) is 8.18. The Morgan fingerprint density at radius 1 is 0.919 bits per heavy atom. The average molecular weight is 500 g/mol. The molecule has 0 unspecified atom stereocenters. The summed E-state index contributed by atoms with van der Waals surface area (Å²) in [4.78, 5) is 12.8. The van der Waals surface area contributed by atoms with Crippen molar-refractivity contribution in [2.45, 2.75) is 33.1 Å². The lowest BCUT2D eigenvalue weighted by atomic mass is 9.99. The summed E-state index contributed by atoms with van der Waals surface area (Å²) < 4.78 is 22.3. The topological polar surface area (TPSA) is 69.9 Å². The Hall–Kier alpha value is -4.19. The van der Waals surface area contributed by atoms with Crippen molar-refractivity contribution in [2.24, 2.45) is 0 Å². The molecule has 192 valence electrons. The molecule has 1 amide bonds. The Morgan fingerprint density at radius 3 is 2.32 bits per heavy atom. The van der Waals surface area contributed by atoms with Crippen molar-refractivity contribution in [3.63, 3.8) is 0 Å². The first-order chi connectivity index (χ1) is 18.0. The fraction of sp³-hybridized carbons (Fsp3) is 0.258. The number of aryl methyl sites for hydroxylation is 1. The van der Waals surface area contributed by atoms with Crippen LogP contribution in [0.2, 0.25) is 0 Å². The molecule has 0 aliphatic rings. The van der Waals surface area contributed by atoms with Crippen LogP contribution < -0.4 is 19.5 Å². The summed E-state index contributed by atoms with van der Waals surface area (Å²) in [5.41, 5.74) is 6.14. The van der Waals surface area contributed by atoms with Crippen LogP contribution in [0.5, 0.6) is 17.2 Å². The van der Waals surface area contributed by atoms with E-state index >= 15 is 0 Å². The minimum atomic E-state index is -0.201. The number of methoxy groups -OCH3 is 3. The molecule has 6 nitrogen and oxygen atoms in total. The van der Waals surface area contributed by atoms with Crippen LogP contribution >= 0.6 is 0 Å². The van der Waals surface area contributed by atoms with Gasteiger partial charge in [-0.25, -0.2) is 0 Å². The summed E-state index contributed by atoms with van der Waals surface area (Å²) >= 11 is 0. The normalized spacial score (nSPS) is 11.4. The molecule has 0 radical (unpaired) electrons. The maximum absolute atomic E-state index is 12.8. The smallest absolute Gasteiger partial charge is 0.248 e. The molecule has 0 saturated heterocycles. The molecule has 0 aliphatic carbocycles. The molecule has 1 N–H and O–H groups in total. The highest BCUT2D eigenvalue weighted by Gasteiger charge is 2.16. The van der Waals surface area contributed by atoms with Crippen LogP contribution in [-0.2, 0) is 11.2 Å². The summed E-state index contributed by atoms with van der Waals surface area (Å²) in [6.07, 6.45) is 6.66. The highest BCUT2D eigenvalue weighted by atomic mass is 16.5. The van der Waals surface area contributed by atoms with Crippen LogP contribution in [0.1, 0.15) is 37.8 Å². The second kappa shape index (κ2) is 11.7. The summed E-state index contributed by atoms with van der Waals surface area (Å²) in [6, 6.07) is 17.6. The van der Waals surface area contributed by atoms with Crippen LogP contribution in [0.4, 0.5) is 5.69 Å². The van der Waals surface area contributed by atoms with E-state index in [0.29, 0.717) is 22.8 Å². The van der Waals surface area contributed by atoms with Gasteiger partial charge in [-0.2, -0.15) is 0 Å². The number of rotatable bonds is 10. The van der Waals surface area contributed by atoms with Gasteiger partial charge in [-0.1, -0.05) is 31.5 Å². The molecule has 0 atom stereocenters. The number of furan rings is 1. The van der Waals surface area contributed by atoms with E-state index in [9.17, 15) is 4.79 Å². The van der Waals surface area contributed by atoms with Crippen LogP contribution in [0, 0.1) is 0 Å². The Balaban J connectivity index is 1.63. The van der Waals surface area contributed by atoms with Gasteiger partial charge in [0.2, 0.25) is 5.91 Å². The highest BCUT2D eigenvalue weighted by Crippen LogP contribution is 2.39. The Labute approximate surface area is 217 Å². The zero-order chi connectivity index (χ0) is 26.4. The van der Waals surface area contributed by atoms with E-state index in [-0.39, 0.29) is 5.91 Å². The number of benzene rings is 3. The predicted molar refractivity (Wildman–Crippen MR) is 149 cm³/mol. The van der Waals surface area contributed by atoms with Gasteiger partial charge >= 0.3 is 0 Å². The number of unbranched alkanes of at least 4 members (excludes halogenated alkanes) is 1. The van der Waals surface area contributed by atoms with E-state index in [1.54, 1.807) is 33.7 Å². The molecule has 4 aromatic rings. The molecule has 1 heterocycles. The number of hydrogen-bond donors (Lipinski definition) is 1. The number of amides is 1. The third-order valence-corrected chi connectivity index (χ3v) is 6.40. The number of allylic oxidation sites excluding steroid dienone is 1. The van der Waals surface area contributed by atoms with E-state index in [0.717, 1.165) is 52.6 Å². The first-order valence-electron chi connectivity index (χ1n) is 12.4. The van der Waals surface area contributed by atoms with E-state index < -0.39 is 0 Å². The molecular formula is C31H33NO5. The quantitative estimate of drug-likeness (QED) is 0.229. The van der Waals surface area contributed by atoms with E-state index in [1.807, 2.05) is 49.4 Å². The van der Waals surface area contributed by atoms with Crippen LogP contribution in [0.3, 0.4) is 0 Å². The monoisotopic (exact) mass is 499 g/mol. The fourth-order valence-corrected chi connectivity index (χ4v) is 4.35. The van der Waals surface area contributed by atoms with Crippen LogP contribution in [-0.4, -0.2) is 27.2 Å². The number of ether oxygens (including phenoxy) is 3. The van der Waals surface area contributed by atoms with Crippen molar-refractivity contribution in [3.05, 3.63) is 78.1 Å². The molecule has 3 aromatic carbocycles. The number of nitrogens with one attached hydrogen (secondary N) is 1. The number of carbonyl (C=O) groups is 1. The molecule has 0 bridgehead atoms. The Bertz CT molecular complexity index is 1420. The summed E-state index contributed by atoms with van der Waals surface area (Å²) in [7, 11) is 4.83. The van der Waals surface area contributed by atoms with Crippen molar-refractivity contribution in [1.29, 1.82) is 0 Å². The largest absolute Gasteiger partial charge is 0.496 e. The summed E-state index contributed by atoms with van der Waals surface area (Å²) in [5, 5.41) is 3.86. The van der Waals surface area contributed by atoms with Crippen LogP contribution in [0.15, 0.2) is 71.4 Å². The molecule has 0 fully saturated rings. The average Bonchev–Trinajstić information content (AvgIpc) is 3.34. The third kappa shape index (κ3) is 5.80. The molecule has 6 heteroatoms. The third-order valence-electron chi connectivity index (χ3n) is 6.40. The summed E-state index contributed by atoms with van der Waals surface area (Å²) in [5.74, 6) is 1.71. The number of fused-ring (bicyclic) bond motifs is 1. The first kappa shape index (κ1) is 25.9. The fourth-order valence-electron chi connectivity index (χ4n) is 4.35. The van der Waals surface area contributed by atoms with Gasteiger partial charge in [-0.3, -0.25) is 4.79 Å². The second-order valence-corrected chi connectivity index (χ2v) is 8.88. The molecular weight excluding hydrogens is 466 g/mol. The maximum atomic E-state index is 12.8. The lowest BCUT2D eigenvalue weighted by molar-refractivity contribution is -0.111. The van der Waals surface area contributed by atoms with Gasteiger partial charge < -0.3 is 23.9 Å². The van der Waals surface area contributed by atoms with Gasteiger partial charge in [0.25, 0.3) is 0 Å². The van der Waals surface area contributed by atoms with Crippen molar-refractivity contribution >= 4 is 28.1 Å². The van der Waals surface area contributed by atoms with Gasteiger partial charge in [0.1, 0.15) is 11.3 Å². The highest BCUT2D eigenvalue weighted by molar-refractivity contribution is 6.05. The maximum Gasteiger partial charge on any atom is 0.248 e. The molecule has 1 aromatic heterocycles. The first-order valence-corrected chi connectivity index (χ1v) is 12.4. The zero-order valence-electron chi connectivity index (χ0n) is 22.0.